The Morgan fingerprint density at radius 2 is 1.89 bits per heavy atom. The van der Waals surface area contributed by atoms with Gasteiger partial charge >= 0.3 is 0 Å². The molecule has 0 amide bonds. The Kier molecular flexibility index (Phi) is 3.97. The van der Waals surface area contributed by atoms with Crippen molar-refractivity contribution in [1.29, 1.82) is 0 Å². The van der Waals surface area contributed by atoms with E-state index >= 15 is 0 Å². The predicted octanol–water partition coefficient (Wildman–Crippen LogP) is 3.56. The number of rotatable bonds is 4. The molecule has 0 unspecified atom stereocenters. The second kappa shape index (κ2) is 5.49. The highest BCUT2D eigenvalue weighted by atomic mass is 14.9. The van der Waals surface area contributed by atoms with Crippen molar-refractivity contribution >= 4 is 10.9 Å². The minimum atomic E-state index is 0.209. The zero-order chi connectivity index (χ0) is 13.0. The Morgan fingerprint density at radius 3 is 2.67 bits per heavy atom. The lowest BCUT2D eigenvalue weighted by molar-refractivity contribution is 0.422. The number of aromatic nitrogens is 1. The normalized spacial score (nSPS) is 11.9. The number of nitrogens with zero attached hydrogens (tertiary/aromatic N) is 1. The van der Waals surface area contributed by atoms with Crippen LogP contribution in [0.1, 0.15) is 32.8 Å². The van der Waals surface area contributed by atoms with Gasteiger partial charge in [0.25, 0.3) is 0 Å². The minimum absolute atomic E-state index is 0.209. The van der Waals surface area contributed by atoms with Gasteiger partial charge in [0.2, 0.25) is 0 Å². The van der Waals surface area contributed by atoms with E-state index in [1.54, 1.807) is 0 Å². The highest BCUT2D eigenvalue weighted by Crippen LogP contribution is 2.17. The van der Waals surface area contributed by atoms with Crippen molar-refractivity contribution in [2.45, 2.75) is 39.2 Å². The van der Waals surface area contributed by atoms with E-state index in [2.05, 4.69) is 55.3 Å². The summed E-state index contributed by atoms with van der Waals surface area (Å²) in [6.07, 6.45) is 4.17. The van der Waals surface area contributed by atoms with Gasteiger partial charge in [0, 0.05) is 17.1 Å². The number of benzene rings is 1. The molecule has 0 aliphatic heterocycles. The molecule has 0 aliphatic carbocycles. The van der Waals surface area contributed by atoms with E-state index < -0.39 is 0 Å². The molecule has 1 N–H and O–H groups in total. The Labute approximate surface area is 109 Å². The maximum Gasteiger partial charge on any atom is 0.0704 e. The summed E-state index contributed by atoms with van der Waals surface area (Å²) in [5.41, 5.74) is 2.70. The second-order valence-electron chi connectivity index (χ2n) is 5.77. The zero-order valence-corrected chi connectivity index (χ0v) is 11.5. The van der Waals surface area contributed by atoms with Crippen LogP contribution in [0.4, 0.5) is 0 Å². The molecule has 0 atom stereocenters. The van der Waals surface area contributed by atoms with Crippen LogP contribution < -0.4 is 5.32 Å². The van der Waals surface area contributed by atoms with Gasteiger partial charge in [-0.15, -0.1) is 0 Å². The highest BCUT2D eigenvalue weighted by Gasteiger charge is 2.07. The van der Waals surface area contributed by atoms with Gasteiger partial charge in [-0.25, -0.2) is 0 Å². The monoisotopic (exact) mass is 242 g/mol. The second-order valence-corrected chi connectivity index (χ2v) is 5.77. The Bertz CT molecular complexity index is 506. The number of hydrogen-bond acceptors (Lipinski definition) is 2. The molecule has 96 valence electrons. The minimum Gasteiger partial charge on any atom is -0.312 e. The summed E-state index contributed by atoms with van der Waals surface area (Å²) in [7, 11) is 0. The van der Waals surface area contributed by atoms with Crippen LogP contribution in [0.25, 0.3) is 10.9 Å². The van der Waals surface area contributed by atoms with Crippen molar-refractivity contribution in [2.75, 3.05) is 6.54 Å². The number of hydrogen-bond donors (Lipinski definition) is 1. The molecule has 0 radical (unpaired) electrons. The van der Waals surface area contributed by atoms with Crippen molar-refractivity contribution in [3.05, 3.63) is 42.1 Å². The Balaban J connectivity index is 2.00. The van der Waals surface area contributed by atoms with Gasteiger partial charge in [-0.05, 0) is 57.9 Å². The van der Waals surface area contributed by atoms with Crippen molar-refractivity contribution in [2.24, 2.45) is 0 Å². The molecular formula is C16H22N2. The van der Waals surface area contributed by atoms with Crippen LogP contribution in [0.2, 0.25) is 0 Å². The molecule has 0 saturated heterocycles. The fourth-order valence-electron chi connectivity index (χ4n) is 2.12. The van der Waals surface area contributed by atoms with E-state index in [9.17, 15) is 0 Å². The van der Waals surface area contributed by atoms with Crippen LogP contribution in [-0.2, 0) is 6.42 Å². The molecule has 2 heteroatoms. The molecule has 0 bridgehead atoms. The molecule has 0 spiro atoms. The summed E-state index contributed by atoms with van der Waals surface area (Å²) in [4.78, 5) is 4.39. The average molecular weight is 242 g/mol. The number of para-hydroxylation sites is 1. The topological polar surface area (TPSA) is 24.9 Å². The zero-order valence-electron chi connectivity index (χ0n) is 11.5. The molecule has 18 heavy (non-hydrogen) atoms. The summed E-state index contributed by atoms with van der Waals surface area (Å²) in [5.74, 6) is 0. The van der Waals surface area contributed by atoms with Crippen molar-refractivity contribution < 1.29 is 0 Å². The number of aryl methyl sites for hydroxylation is 1. The van der Waals surface area contributed by atoms with Crippen LogP contribution in [0.3, 0.4) is 0 Å². The van der Waals surface area contributed by atoms with E-state index in [-0.39, 0.29) is 5.54 Å². The van der Waals surface area contributed by atoms with Crippen LogP contribution in [0.5, 0.6) is 0 Å². The molecule has 2 nitrogen and oxygen atoms in total. The van der Waals surface area contributed by atoms with Gasteiger partial charge < -0.3 is 5.32 Å². The molecule has 2 aromatic rings. The van der Waals surface area contributed by atoms with E-state index in [1.165, 1.54) is 10.9 Å². The van der Waals surface area contributed by atoms with Gasteiger partial charge in [-0.3, -0.25) is 4.98 Å². The standard InChI is InChI=1S/C16H22N2/c1-16(2,3)18-11-6-7-13-10-12-17-15-9-5-4-8-14(13)15/h4-5,8-10,12,18H,6-7,11H2,1-3H3. The van der Waals surface area contributed by atoms with Crippen LogP contribution in [0, 0.1) is 0 Å². The van der Waals surface area contributed by atoms with E-state index in [0.717, 1.165) is 24.9 Å². The Hall–Kier alpha value is -1.41. The molecule has 0 saturated carbocycles. The first kappa shape index (κ1) is 13.0. The third-order valence-electron chi connectivity index (χ3n) is 3.02. The number of pyridine rings is 1. The van der Waals surface area contributed by atoms with E-state index in [4.69, 9.17) is 0 Å². The quantitative estimate of drug-likeness (QED) is 0.829. The van der Waals surface area contributed by atoms with Gasteiger partial charge in [-0.2, -0.15) is 0 Å². The maximum atomic E-state index is 4.39. The van der Waals surface area contributed by atoms with Crippen LogP contribution >= 0.6 is 0 Å². The van der Waals surface area contributed by atoms with Crippen molar-refractivity contribution in [3.8, 4) is 0 Å². The average Bonchev–Trinajstić information content (AvgIpc) is 2.33. The predicted molar refractivity (Wildman–Crippen MR) is 77.8 cm³/mol. The SMILES string of the molecule is CC(C)(C)NCCCc1ccnc2ccccc12. The van der Waals surface area contributed by atoms with E-state index in [1.807, 2.05) is 12.3 Å². The maximum absolute atomic E-state index is 4.39. The van der Waals surface area contributed by atoms with Gasteiger partial charge in [0.05, 0.1) is 5.52 Å². The van der Waals surface area contributed by atoms with E-state index in [0.29, 0.717) is 0 Å². The van der Waals surface area contributed by atoms with Crippen molar-refractivity contribution in [3.63, 3.8) is 0 Å². The van der Waals surface area contributed by atoms with Crippen LogP contribution in [0.15, 0.2) is 36.5 Å². The first-order valence-corrected chi connectivity index (χ1v) is 6.64. The summed E-state index contributed by atoms with van der Waals surface area (Å²) in [6.45, 7) is 7.67. The van der Waals surface area contributed by atoms with Gasteiger partial charge in [-0.1, -0.05) is 18.2 Å². The summed E-state index contributed by atoms with van der Waals surface area (Å²) in [6, 6.07) is 10.5. The number of fused-ring (bicyclic) bond motifs is 1. The summed E-state index contributed by atoms with van der Waals surface area (Å²) >= 11 is 0. The highest BCUT2D eigenvalue weighted by molar-refractivity contribution is 5.81. The van der Waals surface area contributed by atoms with Crippen molar-refractivity contribution in [1.82, 2.24) is 10.3 Å². The number of nitrogens with one attached hydrogen (secondary N) is 1. The summed E-state index contributed by atoms with van der Waals surface area (Å²) in [5, 5.41) is 4.81. The lowest BCUT2D eigenvalue weighted by Crippen LogP contribution is -2.36. The molecule has 1 aromatic heterocycles. The lowest BCUT2D eigenvalue weighted by Gasteiger charge is -2.20. The fourth-order valence-corrected chi connectivity index (χ4v) is 2.12. The molecule has 1 aromatic carbocycles. The van der Waals surface area contributed by atoms with Gasteiger partial charge in [0.1, 0.15) is 0 Å². The molecule has 2 rings (SSSR count). The lowest BCUT2D eigenvalue weighted by atomic mass is 10.0. The third kappa shape index (κ3) is 3.54. The Morgan fingerprint density at radius 1 is 1.11 bits per heavy atom. The molecule has 0 fully saturated rings. The third-order valence-corrected chi connectivity index (χ3v) is 3.02. The van der Waals surface area contributed by atoms with Crippen LogP contribution in [-0.4, -0.2) is 17.1 Å². The molecule has 0 aliphatic rings. The fraction of sp³-hybridized carbons (Fsp3) is 0.438. The molecule has 1 heterocycles. The first-order valence-electron chi connectivity index (χ1n) is 6.64. The largest absolute Gasteiger partial charge is 0.312 e. The summed E-state index contributed by atoms with van der Waals surface area (Å²) < 4.78 is 0. The molecular weight excluding hydrogens is 220 g/mol. The first-order chi connectivity index (χ1) is 8.56. The smallest absolute Gasteiger partial charge is 0.0704 e. The van der Waals surface area contributed by atoms with Gasteiger partial charge in [0.15, 0.2) is 0 Å².